The van der Waals surface area contributed by atoms with Crippen molar-refractivity contribution in [1.29, 1.82) is 0 Å². The van der Waals surface area contributed by atoms with E-state index in [0.717, 1.165) is 38.4 Å². The fourth-order valence-corrected chi connectivity index (χ4v) is 2.19. The summed E-state index contributed by atoms with van der Waals surface area (Å²) in [4.78, 5) is 2.32. The minimum atomic E-state index is -0.0299. The van der Waals surface area contributed by atoms with E-state index >= 15 is 0 Å². The lowest BCUT2D eigenvalue weighted by atomic mass is 10.2. The van der Waals surface area contributed by atoms with E-state index in [1.165, 1.54) is 6.42 Å². The summed E-state index contributed by atoms with van der Waals surface area (Å²) in [6, 6.07) is 3.76. The Bertz CT molecular complexity index is 331. The van der Waals surface area contributed by atoms with Crippen molar-refractivity contribution in [3.05, 3.63) is 23.7 Å². The molecule has 4 heteroatoms. The van der Waals surface area contributed by atoms with Crippen molar-refractivity contribution in [2.45, 2.75) is 39.0 Å². The lowest BCUT2D eigenvalue weighted by Crippen LogP contribution is -2.31. The van der Waals surface area contributed by atoms with Crippen molar-refractivity contribution in [1.82, 2.24) is 4.90 Å². The molecule has 0 saturated carbocycles. The van der Waals surface area contributed by atoms with Crippen molar-refractivity contribution in [2.24, 2.45) is 0 Å². The van der Waals surface area contributed by atoms with E-state index in [2.05, 4.69) is 11.8 Å². The van der Waals surface area contributed by atoms with Crippen molar-refractivity contribution < 1.29 is 14.3 Å². The number of furan rings is 1. The molecule has 0 radical (unpaired) electrons. The number of ether oxygens (including phenoxy) is 1. The van der Waals surface area contributed by atoms with Gasteiger partial charge >= 0.3 is 0 Å². The van der Waals surface area contributed by atoms with Gasteiger partial charge in [-0.05, 0) is 31.5 Å². The molecule has 2 rings (SSSR count). The SMILES string of the molecule is CCN(Cc1ccc(CO)o1)CC1CCCO1. The maximum atomic E-state index is 8.94. The Morgan fingerprint density at radius 1 is 1.41 bits per heavy atom. The fraction of sp³-hybridized carbons (Fsp3) is 0.692. The fourth-order valence-electron chi connectivity index (χ4n) is 2.19. The highest BCUT2D eigenvalue weighted by molar-refractivity contribution is 5.06. The van der Waals surface area contributed by atoms with E-state index in [1.54, 1.807) is 0 Å². The van der Waals surface area contributed by atoms with Crippen LogP contribution in [-0.4, -0.2) is 35.8 Å². The number of rotatable bonds is 6. The number of hydrogen-bond acceptors (Lipinski definition) is 4. The van der Waals surface area contributed by atoms with Gasteiger partial charge < -0.3 is 14.3 Å². The number of likely N-dealkylation sites (N-methyl/N-ethyl adjacent to an activating group) is 1. The first-order chi connectivity index (χ1) is 8.31. The Kier molecular flexibility index (Phi) is 4.59. The summed E-state index contributed by atoms with van der Waals surface area (Å²) in [5.74, 6) is 1.54. The van der Waals surface area contributed by atoms with Gasteiger partial charge in [0, 0.05) is 13.2 Å². The lowest BCUT2D eigenvalue weighted by molar-refractivity contribution is 0.0699. The van der Waals surface area contributed by atoms with Crippen LogP contribution < -0.4 is 0 Å². The smallest absolute Gasteiger partial charge is 0.129 e. The summed E-state index contributed by atoms with van der Waals surface area (Å²) in [7, 11) is 0. The first kappa shape index (κ1) is 12.6. The first-order valence-corrected chi connectivity index (χ1v) is 6.34. The Morgan fingerprint density at radius 3 is 2.82 bits per heavy atom. The van der Waals surface area contributed by atoms with Crippen LogP contribution in [0.4, 0.5) is 0 Å². The van der Waals surface area contributed by atoms with Crippen molar-refractivity contribution in [3.63, 3.8) is 0 Å². The average Bonchev–Trinajstić information content (AvgIpc) is 2.99. The van der Waals surface area contributed by atoms with Gasteiger partial charge in [-0.3, -0.25) is 4.90 Å². The molecule has 96 valence electrons. The Balaban J connectivity index is 1.85. The van der Waals surface area contributed by atoms with Crippen LogP contribution in [0.15, 0.2) is 16.5 Å². The van der Waals surface area contributed by atoms with E-state index in [1.807, 2.05) is 12.1 Å². The maximum absolute atomic E-state index is 8.94. The van der Waals surface area contributed by atoms with Crippen molar-refractivity contribution in [2.75, 3.05) is 19.7 Å². The highest BCUT2D eigenvalue weighted by atomic mass is 16.5. The highest BCUT2D eigenvalue weighted by Crippen LogP contribution is 2.16. The monoisotopic (exact) mass is 239 g/mol. The Morgan fingerprint density at radius 2 is 2.24 bits per heavy atom. The van der Waals surface area contributed by atoms with Crippen LogP contribution in [0.3, 0.4) is 0 Å². The van der Waals surface area contributed by atoms with Gasteiger partial charge in [0.15, 0.2) is 0 Å². The van der Waals surface area contributed by atoms with E-state index in [0.29, 0.717) is 11.9 Å². The Labute approximate surface area is 102 Å². The molecule has 1 aromatic rings. The molecular weight excluding hydrogens is 218 g/mol. The van der Waals surface area contributed by atoms with Crippen LogP contribution in [-0.2, 0) is 17.9 Å². The number of hydrogen-bond donors (Lipinski definition) is 1. The van der Waals surface area contributed by atoms with Gasteiger partial charge in [-0.15, -0.1) is 0 Å². The normalized spacial score (nSPS) is 20.3. The quantitative estimate of drug-likeness (QED) is 0.822. The molecule has 0 amide bonds. The number of aliphatic hydroxyl groups is 1. The standard InChI is InChI=1S/C13H21NO3/c1-2-14(8-11-4-3-7-16-11)9-12-5-6-13(10-15)17-12/h5-6,11,15H,2-4,7-10H2,1H3. The molecule has 1 unspecified atom stereocenters. The van der Waals surface area contributed by atoms with Crippen molar-refractivity contribution >= 4 is 0 Å². The molecule has 4 nitrogen and oxygen atoms in total. The van der Waals surface area contributed by atoms with Gasteiger partial charge in [0.05, 0.1) is 12.6 Å². The molecule has 1 N–H and O–H groups in total. The molecule has 0 bridgehead atoms. The van der Waals surface area contributed by atoms with Crippen LogP contribution in [0.25, 0.3) is 0 Å². The molecule has 1 fully saturated rings. The second-order valence-corrected chi connectivity index (χ2v) is 4.49. The second kappa shape index (κ2) is 6.19. The largest absolute Gasteiger partial charge is 0.462 e. The minimum absolute atomic E-state index is 0.0299. The van der Waals surface area contributed by atoms with Gasteiger partial charge in [0.2, 0.25) is 0 Å². The highest BCUT2D eigenvalue weighted by Gasteiger charge is 2.19. The van der Waals surface area contributed by atoms with Crippen LogP contribution in [0.1, 0.15) is 31.3 Å². The van der Waals surface area contributed by atoms with Gasteiger partial charge in [-0.25, -0.2) is 0 Å². The average molecular weight is 239 g/mol. The summed E-state index contributed by atoms with van der Waals surface area (Å²) < 4.78 is 11.1. The molecule has 0 aliphatic carbocycles. The lowest BCUT2D eigenvalue weighted by Gasteiger charge is -2.22. The van der Waals surface area contributed by atoms with Gasteiger partial charge in [0.25, 0.3) is 0 Å². The molecule has 17 heavy (non-hydrogen) atoms. The number of nitrogens with zero attached hydrogens (tertiary/aromatic N) is 1. The van der Waals surface area contributed by atoms with Gasteiger partial charge in [0.1, 0.15) is 18.1 Å². The Hall–Kier alpha value is -0.840. The zero-order valence-electron chi connectivity index (χ0n) is 10.4. The van der Waals surface area contributed by atoms with Crippen LogP contribution in [0.2, 0.25) is 0 Å². The molecule has 0 aromatic carbocycles. The molecule has 1 aliphatic rings. The third-order valence-corrected chi connectivity index (χ3v) is 3.19. The molecule has 2 heterocycles. The topological polar surface area (TPSA) is 45.8 Å². The van der Waals surface area contributed by atoms with E-state index in [-0.39, 0.29) is 6.61 Å². The summed E-state index contributed by atoms with van der Waals surface area (Å²) in [5.41, 5.74) is 0. The summed E-state index contributed by atoms with van der Waals surface area (Å²) >= 11 is 0. The van der Waals surface area contributed by atoms with E-state index in [4.69, 9.17) is 14.3 Å². The van der Waals surface area contributed by atoms with E-state index in [9.17, 15) is 0 Å². The van der Waals surface area contributed by atoms with E-state index < -0.39 is 0 Å². The predicted octanol–water partition coefficient (Wildman–Crippen LogP) is 1.77. The molecule has 0 spiro atoms. The molecule has 1 atom stereocenters. The van der Waals surface area contributed by atoms with Crippen LogP contribution in [0, 0.1) is 0 Å². The molecule has 1 aliphatic heterocycles. The first-order valence-electron chi connectivity index (χ1n) is 6.34. The molecule has 1 aromatic heterocycles. The zero-order valence-corrected chi connectivity index (χ0v) is 10.4. The second-order valence-electron chi connectivity index (χ2n) is 4.49. The maximum Gasteiger partial charge on any atom is 0.129 e. The predicted molar refractivity (Wildman–Crippen MR) is 64.6 cm³/mol. The van der Waals surface area contributed by atoms with Crippen LogP contribution >= 0.6 is 0 Å². The minimum Gasteiger partial charge on any atom is -0.462 e. The summed E-state index contributed by atoms with van der Waals surface area (Å²) in [6.45, 7) is 5.75. The van der Waals surface area contributed by atoms with Crippen LogP contribution in [0.5, 0.6) is 0 Å². The molecular formula is C13H21NO3. The molecule has 1 saturated heterocycles. The van der Waals surface area contributed by atoms with Gasteiger partial charge in [-0.2, -0.15) is 0 Å². The summed E-state index contributed by atoms with van der Waals surface area (Å²) in [5, 5.41) is 8.94. The summed E-state index contributed by atoms with van der Waals surface area (Å²) in [6.07, 6.45) is 2.72. The third kappa shape index (κ3) is 3.56. The number of aliphatic hydroxyl groups excluding tert-OH is 1. The third-order valence-electron chi connectivity index (χ3n) is 3.19. The van der Waals surface area contributed by atoms with Gasteiger partial charge in [-0.1, -0.05) is 6.92 Å². The zero-order chi connectivity index (χ0) is 12.1. The van der Waals surface area contributed by atoms with Crippen molar-refractivity contribution in [3.8, 4) is 0 Å².